The van der Waals surface area contributed by atoms with E-state index in [2.05, 4.69) is 5.32 Å². The number of nitro groups is 1. The Morgan fingerprint density at radius 2 is 2.29 bits per heavy atom. The summed E-state index contributed by atoms with van der Waals surface area (Å²) < 4.78 is 0. The zero-order chi connectivity index (χ0) is 12.8. The summed E-state index contributed by atoms with van der Waals surface area (Å²) in [6.07, 6.45) is 2.77. The summed E-state index contributed by atoms with van der Waals surface area (Å²) in [6, 6.07) is 4.45. The Balaban J connectivity index is 3.11. The van der Waals surface area contributed by atoms with Crippen molar-refractivity contribution in [2.45, 2.75) is 13.3 Å². The van der Waals surface area contributed by atoms with Gasteiger partial charge in [0.2, 0.25) is 0 Å². The molecule has 0 bridgehead atoms. The number of hydrogen-bond acceptors (Lipinski definition) is 3. The molecule has 0 aliphatic carbocycles. The average molecular weight is 255 g/mol. The van der Waals surface area contributed by atoms with Crippen LogP contribution in [0.2, 0.25) is 5.02 Å². The Morgan fingerprint density at radius 3 is 2.82 bits per heavy atom. The highest BCUT2D eigenvalue weighted by atomic mass is 35.5. The number of rotatable bonds is 5. The number of non-ortho nitro benzene ring substituents is 1. The number of hydrogen-bond donors (Lipinski definition) is 1. The molecule has 0 radical (unpaired) electrons. The predicted octanol–water partition coefficient (Wildman–Crippen LogP) is 3.26. The highest BCUT2D eigenvalue weighted by molar-refractivity contribution is 6.32. The maximum atomic E-state index is 10.7. The van der Waals surface area contributed by atoms with E-state index in [1.54, 1.807) is 6.07 Å². The third-order valence-electron chi connectivity index (χ3n) is 2.41. The predicted molar refractivity (Wildman–Crippen MR) is 70.3 cm³/mol. The van der Waals surface area contributed by atoms with E-state index in [9.17, 15) is 10.1 Å². The van der Waals surface area contributed by atoms with Crippen molar-refractivity contribution in [3.05, 3.63) is 44.5 Å². The Bertz CT molecular complexity index is 444. The lowest BCUT2D eigenvalue weighted by molar-refractivity contribution is -0.384. The fourth-order valence-corrected chi connectivity index (χ4v) is 1.65. The summed E-state index contributed by atoms with van der Waals surface area (Å²) in [5, 5.41) is 14.3. The number of nitro benzene ring substituents is 1. The first-order valence-corrected chi connectivity index (χ1v) is 5.74. The van der Waals surface area contributed by atoms with Crippen molar-refractivity contribution in [2.24, 2.45) is 0 Å². The summed E-state index contributed by atoms with van der Waals surface area (Å²) >= 11 is 6.01. The molecule has 0 spiro atoms. The molecule has 0 saturated carbocycles. The molecule has 0 saturated heterocycles. The number of nitrogens with zero attached hydrogens (tertiary/aromatic N) is 1. The molecule has 0 amide bonds. The Labute approximate surface area is 105 Å². The van der Waals surface area contributed by atoms with Gasteiger partial charge in [-0.15, -0.1) is 0 Å². The molecular weight excluding hydrogens is 240 g/mol. The lowest BCUT2D eigenvalue weighted by Crippen LogP contribution is -2.09. The van der Waals surface area contributed by atoms with Gasteiger partial charge in [-0.1, -0.05) is 30.2 Å². The van der Waals surface area contributed by atoms with Gasteiger partial charge in [-0.2, -0.15) is 0 Å². The minimum atomic E-state index is -0.419. The number of likely N-dealkylation sites (N-methyl/N-ethyl adjacent to an activating group) is 1. The van der Waals surface area contributed by atoms with Gasteiger partial charge < -0.3 is 5.32 Å². The van der Waals surface area contributed by atoms with Gasteiger partial charge in [0.25, 0.3) is 5.69 Å². The summed E-state index contributed by atoms with van der Waals surface area (Å²) in [4.78, 5) is 10.3. The first-order chi connectivity index (χ1) is 8.08. The lowest BCUT2D eigenvalue weighted by atomic mass is 10.1. The van der Waals surface area contributed by atoms with Crippen molar-refractivity contribution < 1.29 is 4.92 Å². The van der Waals surface area contributed by atoms with Gasteiger partial charge >= 0.3 is 0 Å². The quantitative estimate of drug-likeness (QED) is 0.648. The van der Waals surface area contributed by atoms with Crippen LogP contribution in [0, 0.1) is 10.1 Å². The van der Waals surface area contributed by atoms with Crippen molar-refractivity contribution in [3.63, 3.8) is 0 Å². The average Bonchev–Trinajstić information content (AvgIpc) is 2.30. The zero-order valence-electron chi connectivity index (χ0n) is 9.87. The fourth-order valence-electron chi connectivity index (χ4n) is 1.48. The fraction of sp³-hybridized carbons (Fsp3) is 0.333. The molecular formula is C12H15ClN2O2. The van der Waals surface area contributed by atoms with E-state index < -0.39 is 4.92 Å². The summed E-state index contributed by atoms with van der Waals surface area (Å²) in [5.41, 5.74) is 1.89. The molecule has 0 aliphatic heterocycles. The van der Waals surface area contributed by atoms with Crippen molar-refractivity contribution in [1.82, 2.24) is 5.32 Å². The smallest absolute Gasteiger partial charge is 0.270 e. The van der Waals surface area contributed by atoms with E-state index in [1.807, 2.05) is 20.0 Å². The Hall–Kier alpha value is -1.39. The molecule has 5 heteroatoms. The lowest BCUT2D eigenvalue weighted by Gasteiger charge is -2.05. The molecule has 17 heavy (non-hydrogen) atoms. The molecule has 1 rings (SSSR count). The van der Waals surface area contributed by atoms with Crippen LogP contribution in [0.4, 0.5) is 5.69 Å². The topological polar surface area (TPSA) is 55.2 Å². The highest BCUT2D eigenvalue weighted by Gasteiger charge is 2.08. The van der Waals surface area contributed by atoms with E-state index >= 15 is 0 Å². The second kappa shape index (κ2) is 6.37. The maximum Gasteiger partial charge on any atom is 0.270 e. The SMILES string of the molecule is CCC(=Cc1cc([N+](=O)[O-])ccc1Cl)CNC. The van der Waals surface area contributed by atoms with Gasteiger partial charge in [0.1, 0.15) is 0 Å². The van der Waals surface area contributed by atoms with E-state index in [1.165, 1.54) is 12.1 Å². The van der Waals surface area contributed by atoms with Gasteiger partial charge in [-0.3, -0.25) is 10.1 Å². The number of halogens is 1. The number of nitrogens with one attached hydrogen (secondary N) is 1. The monoisotopic (exact) mass is 254 g/mol. The molecule has 0 aromatic heterocycles. The van der Waals surface area contributed by atoms with Gasteiger partial charge in [0, 0.05) is 23.7 Å². The van der Waals surface area contributed by atoms with Gasteiger partial charge in [-0.25, -0.2) is 0 Å². The molecule has 1 N–H and O–H groups in total. The van der Waals surface area contributed by atoms with Gasteiger partial charge in [0.15, 0.2) is 0 Å². The van der Waals surface area contributed by atoms with E-state index in [0.717, 1.165) is 18.5 Å². The number of benzene rings is 1. The second-order valence-electron chi connectivity index (χ2n) is 3.65. The maximum absolute atomic E-state index is 10.7. The van der Waals surface area contributed by atoms with Crippen molar-refractivity contribution >= 4 is 23.4 Å². The second-order valence-corrected chi connectivity index (χ2v) is 4.06. The minimum Gasteiger partial charge on any atom is -0.316 e. The zero-order valence-corrected chi connectivity index (χ0v) is 10.6. The summed E-state index contributed by atoms with van der Waals surface area (Å²) in [5.74, 6) is 0. The standard InChI is InChI=1S/C12H15ClN2O2/c1-3-9(8-14-2)6-10-7-11(15(16)17)4-5-12(10)13/h4-7,14H,3,8H2,1-2H3. The molecule has 0 aliphatic rings. The van der Waals surface area contributed by atoms with Crippen LogP contribution in [0.3, 0.4) is 0 Å². The van der Waals surface area contributed by atoms with Crippen LogP contribution >= 0.6 is 11.6 Å². The van der Waals surface area contributed by atoms with Crippen LogP contribution in [-0.4, -0.2) is 18.5 Å². The third kappa shape index (κ3) is 3.84. The largest absolute Gasteiger partial charge is 0.316 e. The Morgan fingerprint density at radius 1 is 1.59 bits per heavy atom. The Kier molecular flexibility index (Phi) is 5.12. The van der Waals surface area contributed by atoms with Crippen molar-refractivity contribution in [3.8, 4) is 0 Å². The first kappa shape index (κ1) is 13.7. The van der Waals surface area contributed by atoms with E-state index in [0.29, 0.717) is 10.6 Å². The highest BCUT2D eigenvalue weighted by Crippen LogP contribution is 2.24. The van der Waals surface area contributed by atoms with E-state index in [-0.39, 0.29) is 5.69 Å². The molecule has 92 valence electrons. The molecule has 0 fully saturated rings. The minimum absolute atomic E-state index is 0.0561. The van der Waals surface area contributed by atoms with Crippen molar-refractivity contribution in [1.29, 1.82) is 0 Å². The van der Waals surface area contributed by atoms with Gasteiger partial charge in [-0.05, 0) is 25.1 Å². The van der Waals surface area contributed by atoms with Crippen LogP contribution in [-0.2, 0) is 0 Å². The van der Waals surface area contributed by atoms with E-state index in [4.69, 9.17) is 11.6 Å². The molecule has 1 aromatic rings. The van der Waals surface area contributed by atoms with Crippen LogP contribution in [0.15, 0.2) is 23.8 Å². The molecule has 0 unspecified atom stereocenters. The summed E-state index contributed by atoms with van der Waals surface area (Å²) in [7, 11) is 1.86. The first-order valence-electron chi connectivity index (χ1n) is 5.36. The molecule has 4 nitrogen and oxygen atoms in total. The van der Waals surface area contributed by atoms with Crippen molar-refractivity contribution in [2.75, 3.05) is 13.6 Å². The summed E-state index contributed by atoms with van der Waals surface area (Å²) in [6.45, 7) is 2.78. The molecule has 0 atom stereocenters. The van der Waals surface area contributed by atoms with Crippen LogP contribution < -0.4 is 5.32 Å². The molecule has 0 heterocycles. The van der Waals surface area contributed by atoms with Crippen LogP contribution in [0.5, 0.6) is 0 Å². The normalized spacial score (nSPS) is 11.6. The third-order valence-corrected chi connectivity index (χ3v) is 2.75. The molecule has 1 aromatic carbocycles. The van der Waals surface area contributed by atoms with Crippen LogP contribution in [0.25, 0.3) is 6.08 Å². The van der Waals surface area contributed by atoms with Gasteiger partial charge in [0.05, 0.1) is 4.92 Å². The van der Waals surface area contributed by atoms with Crippen LogP contribution in [0.1, 0.15) is 18.9 Å².